The number of ether oxygens (including phenoxy) is 2. The molecule has 4 aromatic carbocycles. The van der Waals surface area contributed by atoms with Gasteiger partial charge in [0.05, 0.1) is 17.6 Å². The second kappa shape index (κ2) is 15.0. The second-order valence-corrected chi connectivity index (χ2v) is 12.1. The minimum absolute atomic E-state index is 0.0221. The van der Waals surface area contributed by atoms with Crippen molar-refractivity contribution in [3.8, 4) is 5.75 Å². The Morgan fingerprint density at radius 2 is 1.62 bits per heavy atom. The summed E-state index contributed by atoms with van der Waals surface area (Å²) in [5.74, 6) is -0.486. The maximum Gasteiger partial charge on any atom is 0.344 e. The number of para-hydroxylation sites is 1. The predicted octanol–water partition coefficient (Wildman–Crippen LogP) is 5.89. The molecule has 0 heterocycles. The van der Waals surface area contributed by atoms with Gasteiger partial charge in [-0.3, -0.25) is 4.90 Å². The van der Waals surface area contributed by atoms with Gasteiger partial charge in [-0.25, -0.2) is 13.2 Å². The van der Waals surface area contributed by atoms with E-state index in [-0.39, 0.29) is 28.8 Å². The summed E-state index contributed by atoms with van der Waals surface area (Å²) in [6, 6.07) is 30.2. The van der Waals surface area contributed by atoms with Crippen molar-refractivity contribution in [1.82, 2.24) is 4.90 Å². The molecular weight excluding hydrogens is 574 g/mol. The number of sulfone groups is 1. The minimum atomic E-state index is -3.90. The first-order chi connectivity index (χ1) is 20.3. The summed E-state index contributed by atoms with van der Waals surface area (Å²) in [6.07, 6.45) is -0.0691. The maximum absolute atomic E-state index is 13.4. The van der Waals surface area contributed by atoms with Crippen LogP contribution in [0.1, 0.15) is 29.7 Å². The fourth-order valence-electron chi connectivity index (χ4n) is 4.52. The topological polar surface area (TPSA) is 93.1 Å². The van der Waals surface area contributed by atoms with Gasteiger partial charge in [-0.05, 0) is 66.4 Å². The zero-order valence-electron chi connectivity index (χ0n) is 23.4. The van der Waals surface area contributed by atoms with E-state index in [9.17, 15) is 18.3 Å². The van der Waals surface area contributed by atoms with Crippen molar-refractivity contribution < 1.29 is 27.8 Å². The average molecular weight is 608 g/mol. The number of nitrogens with zero attached hydrogens (tertiary/aromatic N) is 1. The van der Waals surface area contributed by atoms with E-state index in [1.807, 2.05) is 42.5 Å². The van der Waals surface area contributed by atoms with E-state index in [2.05, 4.69) is 4.90 Å². The molecule has 0 radical (unpaired) electrons. The lowest BCUT2D eigenvalue weighted by atomic mass is 10.1. The molecule has 0 amide bonds. The van der Waals surface area contributed by atoms with E-state index in [1.165, 1.54) is 12.1 Å². The quantitative estimate of drug-likeness (QED) is 0.179. The van der Waals surface area contributed by atoms with Gasteiger partial charge < -0.3 is 14.6 Å². The molecule has 1 N–H and O–H groups in total. The Morgan fingerprint density at radius 3 is 2.33 bits per heavy atom. The molecule has 0 fully saturated rings. The summed E-state index contributed by atoms with van der Waals surface area (Å²) in [5.41, 5.74) is 2.83. The highest BCUT2D eigenvalue weighted by atomic mass is 35.5. The molecule has 220 valence electrons. The van der Waals surface area contributed by atoms with Gasteiger partial charge in [0, 0.05) is 24.7 Å². The number of carbonyl (C=O) groups excluding carboxylic acids is 1. The van der Waals surface area contributed by atoms with Crippen LogP contribution in [-0.2, 0) is 32.3 Å². The third-order valence-corrected chi connectivity index (χ3v) is 8.70. The molecule has 0 spiro atoms. The van der Waals surface area contributed by atoms with Gasteiger partial charge in [0.15, 0.2) is 6.61 Å². The van der Waals surface area contributed by atoms with Gasteiger partial charge >= 0.3 is 5.97 Å². The van der Waals surface area contributed by atoms with Crippen LogP contribution < -0.4 is 4.74 Å². The standard InChI is InChI=1S/C33H34ClNO6S/c1-2-40-33(37)24-41-31-13-6-7-14-32(31)42(38,39)29-17-15-25(16-18-29)19-20-35(22-26-9-4-3-5-10-26)23-30(36)27-11-8-12-28(34)21-27/h3-18,21,30,36H,2,19-20,22-24H2,1H3/t30-/m0/s1. The number of halogens is 1. The van der Waals surface area contributed by atoms with Crippen LogP contribution in [0.3, 0.4) is 0 Å². The van der Waals surface area contributed by atoms with E-state index in [4.69, 9.17) is 21.1 Å². The first kappa shape index (κ1) is 31.3. The normalized spacial score (nSPS) is 12.2. The third kappa shape index (κ3) is 8.66. The molecule has 0 aromatic heterocycles. The van der Waals surface area contributed by atoms with Crippen molar-refractivity contribution >= 4 is 27.4 Å². The van der Waals surface area contributed by atoms with Crippen molar-refractivity contribution in [3.63, 3.8) is 0 Å². The van der Waals surface area contributed by atoms with Crippen LogP contribution in [-0.4, -0.2) is 50.7 Å². The summed E-state index contributed by atoms with van der Waals surface area (Å²) < 4.78 is 37.2. The second-order valence-electron chi connectivity index (χ2n) is 9.73. The highest BCUT2D eigenvalue weighted by Crippen LogP contribution is 2.30. The predicted molar refractivity (Wildman–Crippen MR) is 162 cm³/mol. The Hall–Kier alpha value is -3.69. The van der Waals surface area contributed by atoms with Crippen molar-refractivity contribution in [2.45, 2.75) is 35.8 Å². The molecule has 9 heteroatoms. The summed E-state index contributed by atoms with van der Waals surface area (Å²) in [6.45, 7) is 3.21. The summed E-state index contributed by atoms with van der Waals surface area (Å²) in [7, 11) is -3.90. The number of benzene rings is 4. The first-order valence-electron chi connectivity index (χ1n) is 13.7. The molecule has 0 aliphatic heterocycles. The molecule has 0 unspecified atom stereocenters. The molecule has 7 nitrogen and oxygen atoms in total. The molecule has 1 atom stereocenters. The zero-order chi connectivity index (χ0) is 30.0. The van der Waals surface area contributed by atoms with Gasteiger partial charge in [-0.1, -0.05) is 78.3 Å². The number of aliphatic hydroxyl groups is 1. The van der Waals surface area contributed by atoms with Crippen LogP contribution in [0.15, 0.2) is 113 Å². The molecule has 0 aliphatic rings. The smallest absolute Gasteiger partial charge is 0.344 e. The van der Waals surface area contributed by atoms with Gasteiger partial charge in [0.25, 0.3) is 0 Å². The van der Waals surface area contributed by atoms with Gasteiger partial charge in [0.2, 0.25) is 9.84 Å². The molecular formula is C33H34ClNO6S. The van der Waals surface area contributed by atoms with E-state index in [1.54, 1.807) is 55.5 Å². The average Bonchev–Trinajstić information content (AvgIpc) is 3.00. The fraction of sp³-hybridized carbons (Fsp3) is 0.242. The highest BCUT2D eigenvalue weighted by molar-refractivity contribution is 7.91. The lowest BCUT2D eigenvalue weighted by Gasteiger charge is -2.25. The molecule has 0 saturated heterocycles. The number of hydrogen-bond donors (Lipinski definition) is 1. The number of hydrogen-bond acceptors (Lipinski definition) is 7. The van der Waals surface area contributed by atoms with E-state index >= 15 is 0 Å². The number of esters is 1. The molecule has 0 bridgehead atoms. The van der Waals surface area contributed by atoms with E-state index in [0.29, 0.717) is 31.1 Å². The van der Waals surface area contributed by atoms with Crippen molar-refractivity contribution in [2.24, 2.45) is 0 Å². The lowest BCUT2D eigenvalue weighted by Crippen LogP contribution is -2.30. The molecule has 42 heavy (non-hydrogen) atoms. The van der Waals surface area contributed by atoms with Crippen LogP contribution in [0.25, 0.3) is 0 Å². The number of carbonyl (C=O) groups is 1. The molecule has 0 aliphatic carbocycles. The monoisotopic (exact) mass is 607 g/mol. The maximum atomic E-state index is 13.4. The van der Waals surface area contributed by atoms with Gasteiger partial charge in [-0.2, -0.15) is 0 Å². The Bertz CT molecular complexity index is 1560. The number of rotatable bonds is 14. The molecule has 4 aromatic rings. The Labute approximate surface area is 252 Å². The van der Waals surface area contributed by atoms with Gasteiger partial charge in [-0.15, -0.1) is 0 Å². The van der Waals surface area contributed by atoms with E-state index in [0.717, 1.165) is 16.7 Å². The SMILES string of the molecule is CCOC(=O)COc1ccccc1S(=O)(=O)c1ccc(CCN(Cc2ccccc2)C[C@H](O)c2cccc(Cl)c2)cc1. The van der Waals surface area contributed by atoms with Crippen LogP contribution in [0.2, 0.25) is 5.02 Å². The Balaban J connectivity index is 1.46. The fourth-order valence-corrected chi connectivity index (χ4v) is 6.12. The summed E-state index contributed by atoms with van der Waals surface area (Å²) >= 11 is 6.14. The largest absolute Gasteiger partial charge is 0.481 e. The van der Waals surface area contributed by atoms with Crippen LogP contribution in [0.5, 0.6) is 5.75 Å². The van der Waals surface area contributed by atoms with Gasteiger partial charge in [0.1, 0.15) is 10.6 Å². The van der Waals surface area contributed by atoms with Crippen molar-refractivity contribution in [3.05, 3.63) is 125 Å². The van der Waals surface area contributed by atoms with Crippen molar-refractivity contribution in [2.75, 3.05) is 26.3 Å². The first-order valence-corrected chi connectivity index (χ1v) is 15.5. The zero-order valence-corrected chi connectivity index (χ0v) is 24.9. The summed E-state index contributed by atoms with van der Waals surface area (Å²) in [5, 5.41) is 11.5. The van der Waals surface area contributed by atoms with Crippen LogP contribution in [0.4, 0.5) is 0 Å². The Morgan fingerprint density at radius 1 is 0.905 bits per heavy atom. The van der Waals surface area contributed by atoms with Crippen LogP contribution in [0, 0.1) is 0 Å². The summed E-state index contributed by atoms with van der Waals surface area (Å²) in [4.78, 5) is 14.0. The lowest BCUT2D eigenvalue weighted by molar-refractivity contribution is -0.145. The third-order valence-electron chi connectivity index (χ3n) is 6.65. The molecule has 4 rings (SSSR count). The van der Waals surface area contributed by atoms with Crippen molar-refractivity contribution in [1.29, 1.82) is 0 Å². The van der Waals surface area contributed by atoms with E-state index < -0.39 is 21.9 Å². The molecule has 0 saturated carbocycles. The minimum Gasteiger partial charge on any atom is -0.481 e. The Kier molecular flexibility index (Phi) is 11.1. The number of aliphatic hydroxyl groups excluding tert-OH is 1. The van der Waals surface area contributed by atoms with Crippen LogP contribution >= 0.6 is 11.6 Å². The highest BCUT2D eigenvalue weighted by Gasteiger charge is 2.23.